The molecule has 6 heteroatoms. The van der Waals surface area contributed by atoms with Crippen molar-refractivity contribution in [1.29, 1.82) is 5.26 Å². The first-order valence-corrected chi connectivity index (χ1v) is 10.9. The maximum Gasteiger partial charge on any atom is 0.227 e. The molecule has 2 aromatic carbocycles. The van der Waals surface area contributed by atoms with E-state index in [-0.39, 0.29) is 31.1 Å². The third kappa shape index (κ3) is 6.08. The quantitative estimate of drug-likeness (QED) is 0.618. The van der Waals surface area contributed by atoms with E-state index in [1.54, 1.807) is 16.8 Å². The molecular formula is C25H30N4O2. The van der Waals surface area contributed by atoms with Gasteiger partial charge in [-0.25, -0.2) is 0 Å². The number of benzene rings is 2. The summed E-state index contributed by atoms with van der Waals surface area (Å²) in [6.45, 7) is 2.96. The molecule has 3 rings (SSSR count). The van der Waals surface area contributed by atoms with Crippen LogP contribution in [0.3, 0.4) is 0 Å². The van der Waals surface area contributed by atoms with Crippen molar-refractivity contribution in [3.8, 4) is 6.07 Å². The Morgan fingerprint density at radius 2 is 1.61 bits per heavy atom. The Kier molecular flexibility index (Phi) is 8.05. The van der Waals surface area contributed by atoms with Crippen molar-refractivity contribution < 1.29 is 9.59 Å². The lowest BCUT2D eigenvalue weighted by Crippen LogP contribution is -2.33. The summed E-state index contributed by atoms with van der Waals surface area (Å²) >= 11 is 0. The van der Waals surface area contributed by atoms with E-state index in [4.69, 9.17) is 5.26 Å². The van der Waals surface area contributed by atoms with Gasteiger partial charge in [-0.3, -0.25) is 9.59 Å². The van der Waals surface area contributed by atoms with Crippen LogP contribution in [0.1, 0.15) is 37.7 Å². The van der Waals surface area contributed by atoms with Gasteiger partial charge in [-0.2, -0.15) is 5.26 Å². The molecule has 0 radical (unpaired) electrons. The molecule has 1 aliphatic heterocycles. The standard InChI is InChI=1S/C25H30N4O2/c1-27(20-21-10-5-6-13-23(21)28-17-7-8-18-28)24(30)14-15-25(31)29(19-9-16-26)22-11-3-2-4-12-22/h2-6,10-13H,7-9,14-15,17-20H2,1H3. The Morgan fingerprint density at radius 1 is 0.968 bits per heavy atom. The molecule has 0 aromatic heterocycles. The van der Waals surface area contributed by atoms with E-state index in [1.807, 2.05) is 42.5 Å². The van der Waals surface area contributed by atoms with Gasteiger partial charge in [0.05, 0.1) is 12.5 Å². The average molecular weight is 419 g/mol. The van der Waals surface area contributed by atoms with E-state index >= 15 is 0 Å². The molecule has 1 aliphatic rings. The van der Waals surface area contributed by atoms with Gasteiger partial charge < -0.3 is 14.7 Å². The van der Waals surface area contributed by atoms with Crippen LogP contribution in [0.25, 0.3) is 0 Å². The molecule has 31 heavy (non-hydrogen) atoms. The van der Waals surface area contributed by atoms with Crippen LogP contribution in [0.5, 0.6) is 0 Å². The van der Waals surface area contributed by atoms with Crippen LogP contribution in [-0.2, 0) is 16.1 Å². The molecule has 0 N–H and O–H groups in total. The van der Waals surface area contributed by atoms with Crippen molar-refractivity contribution in [3.63, 3.8) is 0 Å². The number of nitriles is 1. The highest BCUT2D eigenvalue weighted by molar-refractivity contribution is 5.95. The number of hydrogen-bond donors (Lipinski definition) is 0. The first kappa shape index (κ1) is 22.4. The fraction of sp³-hybridized carbons (Fsp3) is 0.400. The number of carbonyl (C=O) groups is 2. The van der Waals surface area contributed by atoms with Crippen LogP contribution in [0, 0.1) is 11.3 Å². The lowest BCUT2D eigenvalue weighted by molar-refractivity contribution is -0.132. The highest BCUT2D eigenvalue weighted by atomic mass is 16.2. The second kappa shape index (κ2) is 11.2. The van der Waals surface area contributed by atoms with E-state index in [1.165, 1.54) is 18.5 Å². The van der Waals surface area contributed by atoms with Crippen LogP contribution < -0.4 is 9.80 Å². The van der Waals surface area contributed by atoms with Gasteiger partial charge in [0, 0.05) is 57.4 Å². The molecule has 0 unspecified atom stereocenters. The SMILES string of the molecule is CN(Cc1ccccc1N1CCCC1)C(=O)CCC(=O)N(CCC#N)c1ccccc1. The highest BCUT2D eigenvalue weighted by Crippen LogP contribution is 2.25. The van der Waals surface area contributed by atoms with Crippen LogP contribution in [0.4, 0.5) is 11.4 Å². The second-order valence-corrected chi connectivity index (χ2v) is 7.86. The average Bonchev–Trinajstić information content (AvgIpc) is 3.33. The summed E-state index contributed by atoms with van der Waals surface area (Å²) in [6, 6.07) is 19.6. The smallest absolute Gasteiger partial charge is 0.227 e. The topological polar surface area (TPSA) is 67.7 Å². The van der Waals surface area contributed by atoms with E-state index in [2.05, 4.69) is 23.1 Å². The zero-order chi connectivity index (χ0) is 22.1. The van der Waals surface area contributed by atoms with Gasteiger partial charge >= 0.3 is 0 Å². The molecule has 2 aromatic rings. The molecule has 0 bridgehead atoms. The molecule has 162 valence electrons. The van der Waals surface area contributed by atoms with Gasteiger partial charge in [0.1, 0.15) is 0 Å². The first-order chi connectivity index (χ1) is 15.1. The number of nitrogens with zero attached hydrogens (tertiary/aromatic N) is 4. The Balaban J connectivity index is 1.58. The zero-order valence-corrected chi connectivity index (χ0v) is 18.2. The predicted octanol–water partition coefficient (Wildman–Crippen LogP) is 3.97. The van der Waals surface area contributed by atoms with Gasteiger partial charge in [0.25, 0.3) is 0 Å². The summed E-state index contributed by atoms with van der Waals surface area (Å²) in [6.07, 6.45) is 2.93. The fourth-order valence-electron chi connectivity index (χ4n) is 3.96. The van der Waals surface area contributed by atoms with Crippen molar-refractivity contribution in [2.45, 2.75) is 38.6 Å². The van der Waals surface area contributed by atoms with Crippen LogP contribution in [-0.4, -0.2) is 43.4 Å². The lowest BCUT2D eigenvalue weighted by Gasteiger charge is -2.25. The number of rotatable bonds is 9. The third-order valence-corrected chi connectivity index (χ3v) is 5.64. The number of carbonyl (C=O) groups excluding carboxylic acids is 2. The largest absolute Gasteiger partial charge is 0.371 e. The van der Waals surface area contributed by atoms with Crippen molar-refractivity contribution in [2.75, 3.05) is 36.5 Å². The number of amides is 2. The zero-order valence-electron chi connectivity index (χ0n) is 18.2. The minimum absolute atomic E-state index is 0.0575. The van der Waals surface area contributed by atoms with E-state index in [0.29, 0.717) is 13.1 Å². The molecule has 0 atom stereocenters. The van der Waals surface area contributed by atoms with Crippen molar-refractivity contribution >= 4 is 23.2 Å². The lowest BCUT2D eigenvalue weighted by atomic mass is 10.1. The van der Waals surface area contributed by atoms with E-state index < -0.39 is 0 Å². The fourth-order valence-corrected chi connectivity index (χ4v) is 3.96. The number of hydrogen-bond acceptors (Lipinski definition) is 4. The Bertz CT molecular complexity index is 917. The summed E-state index contributed by atoms with van der Waals surface area (Å²) < 4.78 is 0. The minimum atomic E-state index is -0.138. The van der Waals surface area contributed by atoms with Gasteiger partial charge in [-0.15, -0.1) is 0 Å². The molecule has 1 saturated heterocycles. The Morgan fingerprint density at radius 3 is 2.32 bits per heavy atom. The minimum Gasteiger partial charge on any atom is -0.371 e. The summed E-state index contributed by atoms with van der Waals surface area (Å²) in [7, 11) is 1.79. The van der Waals surface area contributed by atoms with Crippen molar-refractivity contribution in [3.05, 3.63) is 60.2 Å². The van der Waals surface area contributed by atoms with Gasteiger partial charge in [-0.05, 0) is 36.6 Å². The predicted molar refractivity (Wildman–Crippen MR) is 123 cm³/mol. The van der Waals surface area contributed by atoms with Crippen LogP contribution in [0.15, 0.2) is 54.6 Å². The van der Waals surface area contributed by atoms with Gasteiger partial charge in [0.15, 0.2) is 0 Å². The Hall–Kier alpha value is -3.33. The van der Waals surface area contributed by atoms with Gasteiger partial charge in [-0.1, -0.05) is 36.4 Å². The van der Waals surface area contributed by atoms with Crippen LogP contribution >= 0.6 is 0 Å². The second-order valence-electron chi connectivity index (χ2n) is 7.86. The molecule has 1 fully saturated rings. The molecule has 2 amide bonds. The summed E-state index contributed by atoms with van der Waals surface area (Å²) in [5, 5.41) is 8.92. The Labute approximate surface area is 184 Å². The molecule has 1 heterocycles. The molecular weight excluding hydrogens is 388 g/mol. The molecule has 6 nitrogen and oxygen atoms in total. The molecule has 0 saturated carbocycles. The highest BCUT2D eigenvalue weighted by Gasteiger charge is 2.20. The van der Waals surface area contributed by atoms with Gasteiger partial charge in [0.2, 0.25) is 11.8 Å². The maximum atomic E-state index is 12.8. The maximum absolute atomic E-state index is 12.8. The molecule has 0 aliphatic carbocycles. The summed E-state index contributed by atoms with van der Waals surface area (Å²) in [5.41, 5.74) is 3.08. The van der Waals surface area contributed by atoms with Crippen molar-refractivity contribution in [1.82, 2.24) is 4.90 Å². The first-order valence-electron chi connectivity index (χ1n) is 10.9. The van der Waals surface area contributed by atoms with E-state index in [9.17, 15) is 9.59 Å². The van der Waals surface area contributed by atoms with Crippen molar-refractivity contribution in [2.24, 2.45) is 0 Å². The monoisotopic (exact) mass is 418 g/mol. The third-order valence-electron chi connectivity index (χ3n) is 5.64. The summed E-state index contributed by atoms with van der Waals surface area (Å²) in [4.78, 5) is 31.2. The normalized spacial score (nSPS) is 13.0. The number of anilines is 2. The molecule has 0 spiro atoms. The number of para-hydroxylation sites is 2. The van der Waals surface area contributed by atoms with Crippen LogP contribution in [0.2, 0.25) is 0 Å². The summed E-state index contributed by atoms with van der Waals surface area (Å²) in [5.74, 6) is -0.196. The van der Waals surface area contributed by atoms with E-state index in [0.717, 1.165) is 24.3 Å².